The molecule has 1 aromatic heterocycles. The number of hydrogen-bond donors (Lipinski definition) is 2. The fraction of sp³-hybridized carbons (Fsp3) is 0.630. The monoisotopic (exact) mass is 528 g/mol. The van der Waals surface area contributed by atoms with Crippen LogP contribution in [-0.2, 0) is 20.8 Å². The van der Waals surface area contributed by atoms with Crippen LogP contribution in [0, 0.1) is 0 Å². The van der Waals surface area contributed by atoms with E-state index in [-0.39, 0.29) is 41.4 Å². The molecule has 3 aliphatic rings. The van der Waals surface area contributed by atoms with Crippen molar-refractivity contribution in [3.63, 3.8) is 0 Å². The topological polar surface area (TPSA) is 112 Å². The molecule has 0 spiro atoms. The minimum atomic E-state index is -0.219. The van der Waals surface area contributed by atoms with E-state index in [1.165, 1.54) is 18.2 Å². The van der Waals surface area contributed by atoms with Crippen molar-refractivity contribution in [2.45, 2.75) is 87.7 Å². The molecular formula is C27H36N4O5S. The van der Waals surface area contributed by atoms with Gasteiger partial charge in [0.1, 0.15) is 0 Å². The van der Waals surface area contributed by atoms with Gasteiger partial charge in [0.2, 0.25) is 5.91 Å². The Morgan fingerprint density at radius 2 is 1.76 bits per heavy atom. The third-order valence-corrected chi connectivity index (χ3v) is 8.39. The number of ether oxygens (including phenoxy) is 2. The van der Waals surface area contributed by atoms with Crippen LogP contribution in [0.25, 0.3) is 10.9 Å². The van der Waals surface area contributed by atoms with Gasteiger partial charge >= 0.3 is 0 Å². The van der Waals surface area contributed by atoms with E-state index in [1.54, 1.807) is 22.8 Å². The molecular weight excluding hydrogens is 492 g/mol. The molecule has 1 aromatic carbocycles. The lowest BCUT2D eigenvalue weighted by molar-refractivity contribution is -0.119. The first-order chi connectivity index (χ1) is 18.1. The van der Waals surface area contributed by atoms with Crippen molar-refractivity contribution in [3.8, 4) is 0 Å². The highest BCUT2D eigenvalue weighted by Crippen LogP contribution is 2.23. The Labute approximate surface area is 221 Å². The first kappa shape index (κ1) is 26.2. The molecule has 0 bridgehead atoms. The standard InChI is InChI=1S/C27H36N4O5S/c32-24(29-19-6-2-1-3-7-19)17-37-27-30-23-14-18(25(33)28-15-20-8-4-12-35-20)10-11-22(23)26(34)31(27)16-21-9-5-13-36-21/h10-11,14,19-21H,1-9,12-13,15-17H2,(H,28,33)(H,29,32)/t20-,21-/m0/s1. The Bertz CT molecular complexity index is 1170. The van der Waals surface area contributed by atoms with Gasteiger partial charge in [-0.1, -0.05) is 31.0 Å². The minimum Gasteiger partial charge on any atom is -0.376 e. The van der Waals surface area contributed by atoms with Gasteiger partial charge in [0, 0.05) is 31.4 Å². The maximum atomic E-state index is 13.5. The molecule has 2 saturated heterocycles. The molecule has 1 saturated carbocycles. The number of carbonyl (C=O) groups excluding carboxylic acids is 2. The molecule has 0 unspecified atom stereocenters. The van der Waals surface area contributed by atoms with Gasteiger partial charge in [-0.2, -0.15) is 0 Å². The highest BCUT2D eigenvalue weighted by Gasteiger charge is 2.23. The van der Waals surface area contributed by atoms with E-state index in [0.717, 1.165) is 58.0 Å². The van der Waals surface area contributed by atoms with Crippen LogP contribution in [0.2, 0.25) is 0 Å². The van der Waals surface area contributed by atoms with Crippen LogP contribution in [-0.4, -0.2) is 65.1 Å². The molecule has 2 aliphatic heterocycles. The molecule has 200 valence electrons. The van der Waals surface area contributed by atoms with Crippen LogP contribution < -0.4 is 16.2 Å². The lowest BCUT2D eigenvalue weighted by atomic mass is 9.95. The maximum absolute atomic E-state index is 13.5. The lowest BCUT2D eigenvalue weighted by Crippen LogP contribution is -2.37. The fourth-order valence-corrected chi connectivity index (χ4v) is 6.19. The average molecular weight is 529 g/mol. The predicted octanol–water partition coefficient (Wildman–Crippen LogP) is 3.03. The average Bonchev–Trinajstić information content (AvgIpc) is 3.63. The number of nitrogens with zero attached hydrogens (tertiary/aromatic N) is 2. The third kappa shape index (κ3) is 6.72. The molecule has 2 N–H and O–H groups in total. The normalized spacial score (nSPS) is 22.4. The second-order valence-electron chi connectivity index (χ2n) is 10.2. The van der Waals surface area contributed by atoms with E-state index in [1.807, 2.05) is 0 Å². The summed E-state index contributed by atoms with van der Waals surface area (Å²) >= 11 is 1.26. The summed E-state index contributed by atoms with van der Waals surface area (Å²) in [7, 11) is 0. The van der Waals surface area contributed by atoms with E-state index in [4.69, 9.17) is 14.5 Å². The number of thioether (sulfide) groups is 1. The van der Waals surface area contributed by atoms with Crippen molar-refractivity contribution in [3.05, 3.63) is 34.1 Å². The van der Waals surface area contributed by atoms with Gasteiger partial charge in [-0.3, -0.25) is 19.0 Å². The van der Waals surface area contributed by atoms with Crippen LogP contribution in [0.5, 0.6) is 0 Å². The number of rotatable bonds is 9. The van der Waals surface area contributed by atoms with E-state index in [0.29, 0.717) is 41.3 Å². The Morgan fingerprint density at radius 3 is 2.49 bits per heavy atom. The molecule has 37 heavy (non-hydrogen) atoms. The van der Waals surface area contributed by atoms with Crippen molar-refractivity contribution in [1.29, 1.82) is 0 Å². The smallest absolute Gasteiger partial charge is 0.262 e. The first-order valence-corrected chi connectivity index (χ1v) is 14.5. The van der Waals surface area contributed by atoms with E-state index < -0.39 is 0 Å². The molecule has 2 atom stereocenters. The van der Waals surface area contributed by atoms with E-state index in [2.05, 4.69) is 10.6 Å². The zero-order valence-electron chi connectivity index (χ0n) is 21.2. The summed E-state index contributed by atoms with van der Waals surface area (Å²) in [6.45, 7) is 2.29. The highest BCUT2D eigenvalue weighted by atomic mass is 32.2. The number of benzene rings is 1. The van der Waals surface area contributed by atoms with Crippen molar-refractivity contribution in [1.82, 2.24) is 20.2 Å². The summed E-state index contributed by atoms with van der Waals surface area (Å²) in [5, 5.41) is 6.98. The third-order valence-electron chi connectivity index (χ3n) is 7.41. The zero-order chi connectivity index (χ0) is 25.6. The first-order valence-electron chi connectivity index (χ1n) is 13.5. The molecule has 10 heteroatoms. The molecule has 3 fully saturated rings. The summed E-state index contributed by atoms with van der Waals surface area (Å²) in [5.74, 6) is -0.0809. The number of nitrogens with one attached hydrogen (secondary N) is 2. The van der Waals surface area contributed by atoms with Gasteiger partial charge in [0.25, 0.3) is 11.5 Å². The van der Waals surface area contributed by atoms with Crippen molar-refractivity contribution >= 4 is 34.5 Å². The zero-order valence-corrected chi connectivity index (χ0v) is 22.0. The number of hydrogen-bond acceptors (Lipinski definition) is 7. The van der Waals surface area contributed by atoms with Gasteiger partial charge in [0.05, 0.1) is 35.4 Å². The van der Waals surface area contributed by atoms with Crippen LogP contribution >= 0.6 is 11.8 Å². The van der Waals surface area contributed by atoms with Crippen molar-refractivity contribution in [2.75, 3.05) is 25.5 Å². The van der Waals surface area contributed by atoms with Crippen LogP contribution in [0.4, 0.5) is 0 Å². The summed E-state index contributed by atoms with van der Waals surface area (Å²) in [4.78, 5) is 43.7. The van der Waals surface area contributed by atoms with Crippen molar-refractivity contribution in [2.24, 2.45) is 0 Å². The minimum absolute atomic E-state index is 0.0443. The van der Waals surface area contributed by atoms with Crippen LogP contribution in [0.15, 0.2) is 28.2 Å². The van der Waals surface area contributed by atoms with Crippen molar-refractivity contribution < 1.29 is 19.1 Å². The second-order valence-corrected chi connectivity index (χ2v) is 11.2. The van der Waals surface area contributed by atoms with Crippen LogP contribution in [0.3, 0.4) is 0 Å². The molecule has 1 aliphatic carbocycles. The molecule has 2 amide bonds. The molecule has 0 radical (unpaired) electrons. The quantitative estimate of drug-likeness (QED) is 0.380. The summed E-state index contributed by atoms with van der Waals surface area (Å²) in [6.07, 6.45) is 9.38. The number of amides is 2. The van der Waals surface area contributed by atoms with Crippen LogP contribution in [0.1, 0.15) is 68.1 Å². The van der Waals surface area contributed by atoms with Gasteiger partial charge in [-0.25, -0.2) is 4.98 Å². The van der Waals surface area contributed by atoms with Gasteiger partial charge in [-0.05, 0) is 56.7 Å². The number of carbonyl (C=O) groups is 2. The maximum Gasteiger partial charge on any atom is 0.262 e. The molecule has 2 aromatic rings. The Balaban J connectivity index is 1.35. The summed E-state index contributed by atoms with van der Waals surface area (Å²) in [5.41, 5.74) is 0.718. The van der Waals surface area contributed by atoms with Gasteiger partial charge in [-0.15, -0.1) is 0 Å². The summed E-state index contributed by atoms with van der Waals surface area (Å²) < 4.78 is 13.0. The van der Waals surface area contributed by atoms with Gasteiger partial charge < -0.3 is 20.1 Å². The Kier molecular flexibility index (Phi) is 8.78. The Hall–Kier alpha value is -2.43. The molecule has 5 rings (SSSR count). The number of fused-ring (bicyclic) bond motifs is 1. The largest absolute Gasteiger partial charge is 0.376 e. The summed E-state index contributed by atoms with van der Waals surface area (Å²) in [6, 6.07) is 5.22. The number of aromatic nitrogens is 2. The predicted molar refractivity (Wildman–Crippen MR) is 142 cm³/mol. The Morgan fingerprint density at radius 1 is 1.00 bits per heavy atom. The van der Waals surface area contributed by atoms with E-state index in [9.17, 15) is 14.4 Å². The molecule has 9 nitrogen and oxygen atoms in total. The second kappa shape index (κ2) is 12.4. The SMILES string of the molecule is O=C(CSc1nc2cc(C(=O)NC[C@@H]3CCCO3)ccc2c(=O)n1C[C@@H]1CCCO1)NC1CCCCC1. The molecule has 3 heterocycles. The van der Waals surface area contributed by atoms with Gasteiger partial charge in [0.15, 0.2) is 5.16 Å². The van der Waals surface area contributed by atoms with E-state index >= 15 is 0 Å². The fourth-order valence-electron chi connectivity index (χ4n) is 5.37. The lowest BCUT2D eigenvalue weighted by Gasteiger charge is -2.22. The highest BCUT2D eigenvalue weighted by molar-refractivity contribution is 7.99.